The Kier molecular flexibility index (Phi) is 3.07. The molecular weight excluding hydrogens is 278 g/mol. The lowest BCUT2D eigenvalue weighted by molar-refractivity contribution is -0.402. The minimum atomic E-state index is -0.772. The van der Waals surface area contributed by atoms with Gasteiger partial charge in [0.05, 0.1) is 18.7 Å². The molecule has 108 valence electrons. The van der Waals surface area contributed by atoms with Crippen molar-refractivity contribution in [1.29, 1.82) is 0 Å². The minimum absolute atomic E-state index is 0.214. The quantitative estimate of drug-likeness (QED) is 0.687. The molecule has 0 saturated heterocycles. The Morgan fingerprint density at radius 3 is 2.76 bits per heavy atom. The molecule has 2 aromatic rings. The lowest BCUT2D eigenvalue weighted by Crippen LogP contribution is -2.42. The fourth-order valence-electron chi connectivity index (χ4n) is 2.20. The number of hydrogen-bond donors (Lipinski definition) is 1. The number of rotatable bonds is 3. The fourth-order valence-corrected chi connectivity index (χ4v) is 2.20. The molecular formula is C13H11N3O5. The van der Waals surface area contributed by atoms with Gasteiger partial charge in [0.1, 0.15) is 4.92 Å². The van der Waals surface area contributed by atoms with Gasteiger partial charge >= 0.3 is 5.88 Å². The van der Waals surface area contributed by atoms with Crippen LogP contribution in [-0.4, -0.2) is 23.0 Å². The smallest absolute Gasteiger partial charge is 0.401 e. The van der Waals surface area contributed by atoms with Crippen molar-refractivity contribution in [3.8, 4) is 0 Å². The van der Waals surface area contributed by atoms with E-state index in [2.05, 4.69) is 5.32 Å². The van der Waals surface area contributed by atoms with Crippen LogP contribution in [0.2, 0.25) is 0 Å². The molecule has 8 heteroatoms. The van der Waals surface area contributed by atoms with E-state index in [1.807, 2.05) is 0 Å². The second-order valence-electron chi connectivity index (χ2n) is 4.34. The number of carbonyl (C=O) groups excluding carboxylic acids is 1. The summed E-state index contributed by atoms with van der Waals surface area (Å²) in [7, 11) is 1.35. The number of nitro groups is 1. The molecule has 0 fully saturated rings. The average Bonchev–Trinajstić information content (AvgIpc) is 2.97. The maximum Gasteiger partial charge on any atom is 0.433 e. The van der Waals surface area contributed by atoms with Crippen LogP contribution in [0.5, 0.6) is 0 Å². The van der Waals surface area contributed by atoms with Gasteiger partial charge in [-0.2, -0.15) is 5.06 Å². The lowest BCUT2D eigenvalue weighted by atomic mass is 10.1. The van der Waals surface area contributed by atoms with Gasteiger partial charge in [-0.3, -0.25) is 19.7 Å². The summed E-state index contributed by atoms with van der Waals surface area (Å²) in [6.45, 7) is 0. The predicted molar refractivity (Wildman–Crippen MR) is 71.3 cm³/mol. The summed E-state index contributed by atoms with van der Waals surface area (Å²) in [5, 5.41) is 14.8. The summed E-state index contributed by atoms with van der Waals surface area (Å²) in [6, 6.07) is 9.59. The summed E-state index contributed by atoms with van der Waals surface area (Å²) >= 11 is 0. The first-order valence-corrected chi connectivity index (χ1v) is 6.09. The average molecular weight is 289 g/mol. The van der Waals surface area contributed by atoms with Crippen molar-refractivity contribution in [3.05, 3.63) is 57.8 Å². The van der Waals surface area contributed by atoms with E-state index in [9.17, 15) is 14.9 Å². The zero-order chi connectivity index (χ0) is 15.0. The zero-order valence-electron chi connectivity index (χ0n) is 11.0. The molecule has 0 bridgehead atoms. The first-order chi connectivity index (χ1) is 10.1. The lowest BCUT2D eigenvalue weighted by Gasteiger charge is -2.34. The molecule has 0 unspecified atom stereocenters. The molecule has 1 N–H and O–H groups in total. The first kappa shape index (κ1) is 13.1. The van der Waals surface area contributed by atoms with Crippen molar-refractivity contribution < 1.29 is 19.0 Å². The number of furan rings is 1. The van der Waals surface area contributed by atoms with Crippen LogP contribution in [0.1, 0.15) is 22.3 Å². The topological polar surface area (TPSA) is 97.8 Å². The minimum Gasteiger partial charge on any atom is -0.401 e. The van der Waals surface area contributed by atoms with Crippen molar-refractivity contribution in [3.63, 3.8) is 0 Å². The Morgan fingerprint density at radius 1 is 1.33 bits per heavy atom. The maximum absolute atomic E-state index is 12.4. The summed E-state index contributed by atoms with van der Waals surface area (Å²) in [6.07, 6.45) is -0.772. The number of para-hydroxylation sites is 1. The molecule has 1 atom stereocenters. The van der Waals surface area contributed by atoms with Gasteiger partial charge in [0.15, 0.2) is 11.9 Å². The standard InChI is InChI=1S/C13H11N3O5/c1-20-15-12(10-6-7-11(21-10)16(18)19)14-9-5-3-2-4-8(9)13(15)17/h2-7,12,14H,1H3/t12-/m0/s1. The molecule has 3 rings (SSSR count). The van der Waals surface area contributed by atoms with Gasteiger partial charge in [-0.25, -0.2) is 0 Å². The van der Waals surface area contributed by atoms with E-state index in [0.29, 0.717) is 11.3 Å². The summed E-state index contributed by atoms with van der Waals surface area (Å²) in [4.78, 5) is 27.5. The summed E-state index contributed by atoms with van der Waals surface area (Å²) in [5.41, 5.74) is 1.07. The molecule has 2 heterocycles. The van der Waals surface area contributed by atoms with Crippen LogP contribution in [0.25, 0.3) is 0 Å². The third kappa shape index (κ3) is 2.11. The van der Waals surface area contributed by atoms with Crippen molar-refractivity contribution in [2.24, 2.45) is 0 Å². The number of fused-ring (bicyclic) bond motifs is 1. The van der Waals surface area contributed by atoms with E-state index in [4.69, 9.17) is 9.25 Å². The molecule has 1 amide bonds. The predicted octanol–water partition coefficient (Wildman–Crippen LogP) is 2.32. The number of hydrogen-bond acceptors (Lipinski definition) is 6. The molecule has 1 aromatic carbocycles. The number of hydroxylamine groups is 2. The van der Waals surface area contributed by atoms with Crippen LogP contribution in [0.3, 0.4) is 0 Å². The van der Waals surface area contributed by atoms with E-state index in [-0.39, 0.29) is 11.7 Å². The number of benzene rings is 1. The number of anilines is 1. The molecule has 1 aliphatic rings. The molecule has 0 radical (unpaired) electrons. The second-order valence-corrected chi connectivity index (χ2v) is 4.34. The molecule has 8 nitrogen and oxygen atoms in total. The number of nitrogens with zero attached hydrogens (tertiary/aromatic N) is 2. The first-order valence-electron chi connectivity index (χ1n) is 6.09. The SMILES string of the molecule is CON1C(=O)c2ccccc2N[C@@H]1c1ccc([N+](=O)[O-])o1. The highest BCUT2D eigenvalue weighted by molar-refractivity contribution is 6.01. The summed E-state index contributed by atoms with van der Waals surface area (Å²) < 4.78 is 5.14. The van der Waals surface area contributed by atoms with Gasteiger partial charge in [-0.05, 0) is 18.2 Å². The van der Waals surface area contributed by atoms with E-state index in [1.54, 1.807) is 24.3 Å². The normalized spacial score (nSPS) is 17.3. The molecule has 0 aliphatic carbocycles. The fraction of sp³-hybridized carbons (Fsp3) is 0.154. The van der Waals surface area contributed by atoms with E-state index < -0.39 is 17.0 Å². The number of carbonyl (C=O) groups is 1. The summed E-state index contributed by atoms with van der Waals surface area (Å²) in [5.74, 6) is -0.531. The van der Waals surface area contributed by atoms with Crippen LogP contribution < -0.4 is 5.32 Å². The second kappa shape index (κ2) is 4.91. The monoisotopic (exact) mass is 289 g/mol. The Balaban J connectivity index is 2.01. The Hall–Kier alpha value is -2.87. The molecule has 0 spiro atoms. The van der Waals surface area contributed by atoms with Gasteiger partial charge in [-0.15, -0.1) is 0 Å². The third-order valence-electron chi connectivity index (χ3n) is 3.14. The highest BCUT2D eigenvalue weighted by atomic mass is 16.7. The Morgan fingerprint density at radius 2 is 2.10 bits per heavy atom. The van der Waals surface area contributed by atoms with Crippen LogP contribution in [0, 0.1) is 10.1 Å². The Labute approximate surface area is 119 Å². The highest BCUT2D eigenvalue weighted by Crippen LogP contribution is 2.34. The van der Waals surface area contributed by atoms with Gasteiger partial charge in [0.25, 0.3) is 5.91 Å². The maximum atomic E-state index is 12.4. The van der Waals surface area contributed by atoms with Crippen LogP contribution >= 0.6 is 0 Å². The van der Waals surface area contributed by atoms with Crippen molar-refractivity contribution in [2.45, 2.75) is 6.17 Å². The largest absolute Gasteiger partial charge is 0.433 e. The molecule has 0 saturated carbocycles. The van der Waals surface area contributed by atoms with Gasteiger partial charge in [0.2, 0.25) is 0 Å². The van der Waals surface area contributed by atoms with E-state index in [1.165, 1.54) is 19.2 Å². The van der Waals surface area contributed by atoms with Crippen LogP contribution in [0.4, 0.5) is 11.6 Å². The van der Waals surface area contributed by atoms with Gasteiger partial charge in [-0.1, -0.05) is 12.1 Å². The molecule has 21 heavy (non-hydrogen) atoms. The van der Waals surface area contributed by atoms with Crippen molar-refractivity contribution in [2.75, 3.05) is 12.4 Å². The van der Waals surface area contributed by atoms with Crippen molar-refractivity contribution >= 4 is 17.5 Å². The molecule has 1 aromatic heterocycles. The zero-order valence-corrected chi connectivity index (χ0v) is 11.0. The third-order valence-corrected chi connectivity index (χ3v) is 3.14. The Bertz CT molecular complexity index is 711. The number of nitrogens with one attached hydrogen (secondary N) is 1. The van der Waals surface area contributed by atoms with Crippen molar-refractivity contribution in [1.82, 2.24) is 5.06 Å². The van der Waals surface area contributed by atoms with Gasteiger partial charge < -0.3 is 9.73 Å². The van der Waals surface area contributed by atoms with Crippen LogP contribution in [0.15, 0.2) is 40.8 Å². The number of amides is 1. The van der Waals surface area contributed by atoms with E-state index in [0.717, 1.165) is 5.06 Å². The highest BCUT2D eigenvalue weighted by Gasteiger charge is 2.36. The van der Waals surface area contributed by atoms with E-state index >= 15 is 0 Å². The van der Waals surface area contributed by atoms with Crippen LogP contribution in [-0.2, 0) is 4.84 Å². The molecule has 1 aliphatic heterocycles. The van der Waals surface area contributed by atoms with Gasteiger partial charge in [0, 0.05) is 5.69 Å².